The molecule has 6 nitrogen and oxygen atoms in total. The summed E-state index contributed by atoms with van der Waals surface area (Å²) in [6.45, 7) is 2.43. The summed E-state index contributed by atoms with van der Waals surface area (Å²) in [7, 11) is 1.60. The van der Waals surface area contributed by atoms with Gasteiger partial charge in [0.1, 0.15) is 5.75 Å². The summed E-state index contributed by atoms with van der Waals surface area (Å²) in [5.74, 6) is 1.08. The van der Waals surface area contributed by atoms with Crippen LogP contribution < -0.4 is 15.4 Å². The van der Waals surface area contributed by atoms with E-state index in [0.717, 1.165) is 11.4 Å². The SMILES string of the molecule is CCNC(=NCc1ccn(-c2ccc(OC)cc2)n1)NCCC(F)(F)F.I. The number of methoxy groups -OCH3 is 1. The van der Waals surface area contributed by atoms with E-state index in [1.54, 1.807) is 18.0 Å². The summed E-state index contributed by atoms with van der Waals surface area (Å²) in [6, 6.07) is 9.24. The molecule has 0 atom stereocenters. The molecular formula is C17H23F3IN5O. The van der Waals surface area contributed by atoms with Crippen LogP contribution in [0.4, 0.5) is 13.2 Å². The van der Waals surface area contributed by atoms with Crippen LogP contribution in [0.3, 0.4) is 0 Å². The minimum Gasteiger partial charge on any atom is -0.497 e. The highest BCUT2D eigenvalue weighted by Gasteiger charge is 2.26. The molecule has 1 aromatic carbocycles. The Labute approximate surface area is 173 Å². The fourth-order valence-electron chi connectivity index (χ4n) is 2.15. The molecule has 0 aliphatic heterocycles. The van der Waals surface area contributed by atoms with Crippen molar-refractivity contribution < 1.29 is 17.9 Å². The molecule has 0 saturated carbocycles. The third kappa shape index (κ3) is 8.06. The summed E-state index contributed by atoms with van der Waals surface area (Å²) in [5, 5.41) is 10.0. The Bertz CT molecular complexity index is 716. The highest BCUT2D eigenvalue weighted by molar-refractivity contribution is 14.0. The average Bonchev–Trinajstić information content (AvgIpc) is 3.07. The van der Waals surface area contributed by atoms with E-state index < -0.39 is 12.6 Å². The summed E-state index contributed by atoms with van der Waals surface area (Å²) < 4.78 is 43.5. The van der Waals surface area contributed by atoms with Crippen molar-refractivity contribution in [3.63, 3.8) is 0 Å². The van der Waals surface area contributed by atoms with Crippen LogP contribution in [0.1, 0.15) is 19.0 Å². The van der Waals surface area contributed by atoms with Crippen LogP contribution in [0.2, 0.25) is 0 Å². The fraction of sp³-hybridized carbons (Fsp3) is 0.412. The van der Waals surface area contributed by atoms with E-state index in [0.29, 0.717) is 18.2 Å². The topological polar surface area (TPSA) is 63.5 Å². The molecule has 0 spiro atoms. The molecule has 0 amide bonds. The molecule has 0 unspecified atom stereocenters. The molecule has 1 aromatic heterocycles. The van der Waals surface area contributed by atoms with Crippen LogP contribution in [0, 0.1) is 0 Å². The molecule has 0 fully saturated rings. The van der Waals surface area contributed by atoms with Gasteiger partial charge in [-0.25, -0.2) is 9.67 Å². The van der Waals surface area contributed by atoms with E-state index >= 15 is 0 Å². The van der Waals surface area contributed by atoms with E-state index in [-0.39, 0.29) is 37.1 Å². The minimum absolute atomic E-state index is 0. The number of ether oxygens (including phenoxy) is 1. The van der Waals surface area contributed by atoms with Crippen molar-refractivity contribution in [2.75, 3.05) is 20.2 Å². The van der Waals surface area contributed by atoms with E-state index in [9.17, 15) is 13.2 Å². The van der Waals surface area contributed by atoms with E-state index in [1.165, 1.54) is 0 Å². The molecule has 0 aliphatic carbocycles. The number of hydrogen-bond donors (Lipinski definition) is 2. The van der Waals surface area contributed by atoms with Gasteiger partial charge in [-0.2, -0.15) is 18.3 Å². The van der Waals surface area contributed by atoms with Gasteiger partial charge in [0.15, 0.2) is 5.96 Å². The van der Waals surface area contributed by atoms with Gasteiger partial charge >= 0.3 is 6.18 Å². The Morgan fingerprint density at radius 1 is 1.19 bits per heavy atom. The van der Waals surface area contributed by atoms with Crippen molar-refractivity contribution in [2.24, 2.45) is 4.99 Å². The first-order valence-corrected chi connectivity index (χ1v) is 8.19. The number of aliphatic imine (C=N–C) groups is 1. The smallest absolute Gasteiger partial charge is 0.390 e. The van der Waals surface area contributed by atoms with Crippen molar-refractivity contribution in [1.29, 1.82) is 0 Å². The highest BCUT2D eigenvalue weighted by Crippen LogP contribution is 2.18. The Morgan fingerprint density at radius 2 is 1.89 bits per heavy atom. The second-order valence-corrected chi connectivity index (χ2v) is 5.44. The first-order valence-electron chi connectivity index (χ1n) is 8.19. The normalized spacial score (nSPS) is 11.7. The quantitative estimate of drug-likeness (QED) is 0.349. The maximum absolute atomic E-state index is 12.2. The maximum atomic E-state index is 12.2. The van der Waals surface area contributed by atoms with Crippen LogP contribution >= 0.6 is 24.0 Å². The number of nitrogens with one attached hydrogen (secondary N) is 2. The van der Waals surface area contributed by atoms with Gasteiger partial charge in [0, 0.05) is 19.3 Å². The molecule has 27 heavy (non-hydrogen) atoms. The molecule has 10 heteroatoms. The first-order chi connectivity index (χ1) is 12.4. The predicted molar refractivity (Wildman–Crippen MR) is 109 cm³/mol. The molecule has 2 aromatic rings. The van der Waals surface area contributed by atoms with Crippen molar-refractivity contribution in [2.45, 2.75) is 26.1 Å². The number of hydrogen-bond acceptors (Lipinski definition) is 3. The third-order valence-electron chi connectivity index (χ3n) is 3.43. The predicted octanol–water partition coefficient (Wildman–Crippen LogP) is 3.51. The summed E-state index contributed by atoms with van der Waals surface area (Å²) in [6.07, 6.45) is -3.30. The van der Waals surface area contributed by atoms with Crippen LogP contribution in [0.15, 0.2) is 41.5 Å². The van der Waals surface area contributed by atoms with Crippen LogP contribution in [-0.4, -0.2) is 42.1 Å². The lowest BCUT2D eigenvalue weighted by atomic mass is 10.3. The number of rotatable bonds is 7. The van der Waals surface area contributed by atoms with Crippen molar-refractivity contribution in [1.82, 2.24) is 20.4 Å². The standard InChI is InChI=1S/C17H22F3N5O.HI/c1-3-21-16(22-10-9-17(18,19)20)23-12-13-8-11-25(24-13)14-4-6-15(26-2)7-5-14;/h4-8,11H,3,9-10,12H2,1-2H3,(H2,21,22,23);1H. The van der Waals surface area contributed by atoms with Crippen LogP contribution in [0.25, 0.3) is 5.69 Å². The lowest BCUT2D eigenvalue weighted by Gasteiger charge is -2.12. The summed E-state index contributed by atoms with van der Waals surface area (Å²) in [5.41, 5.74) is 1.57. The summed E-state index contributed by atoms with van der Waals surface area (Å²) in [4.78, 5) is 4.27. The third-order valence-corrected chi connectivity index (χ3v) is 3.43. The Hall–Kier alpha value is -1.98. The largest absolute Gasteiger partial charge is 0.497 e. The molecule has 150 valence electrons. The molecule has 2 rings (SSSR count). The van der Waals surface area contributed by atoms with Gasteiger partial charge in [0.25, 0.3) is 0 Å². The van der Waals surface area contributed by atoms with Gasteiger partial charge in [-0.1, -0.05) is 0 Å². The van der Waals surface area contributed by atoms with E-state index in [2.05, 4.69) is 20.7 Å². The maximum Gasteiger partial charge on any atom is 0.390 e. The Kier molecular flexibility index (Phi) is 9.39. The molecule has 0 bridgehead atoms. The number of halogens is 4. The molecule has 1 heterocycles. The van der Waals surface area contributed by atoms with Gasteiger partial charge in [-0.3, -0.25) is 0 Å². The number of benzene rings is 1. The lowest BCUT2D eigenvalue weighted by molar-refractivity contribution is -0.132. The minimum atomic E-state index is -4.19. The Balaban J connectivity index is 0.00000364. The zero-order chi connectivity index (χ0) is 19.0. The van der Waals surface area contributed by atoms with E-state index in [4.69, 9.17) is 4.74 Å². The Morgan fingerprint density at radius 3 is 2.48 bits per heavy atom. The van der Waals surface area contributed by atoms with E-state index in [1.807, 2.05) is 37.3 Å². The average molecular weight is 497 g/mol. The number of aromatic nitrogens is 2. The molecule has 0 radical (unpaired) electrons. The molecule has 0 aliphatic rings. The monoisotopic (exact) mass is 497 g/mol. The second kappa shape index (κ2) is 11.0. The number of alkyl halides is 3. The van der Waals surface area contributed by atoms with Gasteiger partial charge in [0.05, 0.1) is 31.5 Å². The van der Waals surface area contributed by atoms with Gasteiger partial charge in [-0.15, -0.1) is 24.0 Å². The van der Waals surface area contributed by atoms with Gasteiger partial charge in [-0.05, 0) is 37.3 Å². The fourth-order valence-corrected chi connectivity index (χ4v) is 2.15. The summed E-state index contributed by atoms with van der Waals surface area (Å²) >= 11 is 0. The number of guanidine groups is 1. The van der Waals surface area contributed by atoms with Gasteiger partial charge < -0.3 is 15.4 Å². The van der Waals surface area contributed by atoms with Crippen LogP contribution in [-0.2, 0) is 6.54 Å². The first kappa shape index (κ1) is 23.1. The molecular weight excluding hydrogens is 474 g/mol. The highest BCUT2D eigenvalue weighted by atomic mass is 127. The lowest BCUT2D eigenvalue weighted by Crippen LogP contribution is -2.38. The van der Waals surface area contributed by atoms with Crippen molar-refractivity contribution in [3.05, 3.63) is 42.2 Å². The molecule has 0 saturated heterocycles. The zero-order valence-corrected chi connectivity index (χ0v) is 17.4. The van der Waals surface area contributed by atoms with Crippen molar-refractivity contribution >= 4 is 29.9 Å². The molecule has 2 N–H and O–H groups in total. The zero-order valence-electron chi connectivity index (χ0n) is 15.1. The number of nitrogens with zero attached hydrogens (tertiary/aromatic N) is 3. The van der Waals surface area contributed by atoms with Gasteiger partial charge in [0.2, 0.25) is 0 Å². The second-order valence-electron chi connectivity index (χ2n) is 5.44. The van der Waals surface area contributed by atoms with Crippen LogP contribution in [0.5, 0.6) is 5.75 Å². The van der Waals surface area contributed by atoms with Crippen molar-refractivity contribution in [3.8, 4) is 11.4 Å².